The lowest BCUT2D eigenvalue weighted by molar-refractivity contribution is 0.429. The number of nitrogens with two attached hydrogens (primary N) is 1. The highest BCUT2D eigenvalue weighted by atomic mass is 35.5. The van der Waals surface area contributed by atoms with Crippen LogP contribution in [-0.2, 0) is 6.42 Å². The van der Waals surface area contributed by atoms with Crippen molar-refractivity contribution in [2.24, 2.45) is 5.73 Å². The van der Waals surface area contributed by atoms with Crippen molar-refractivity contribution in [2.45, 2.75) is 23.5 Å². The Morgan fingerprint density at radius 1 is 1.41 bits per heavy atom. The molecule has 0 amide bonds. The molecule has 2 rings (SSSR count). The van der Waals surface area contributed by atoms with Crippen LogP contribution in [0.2, 0.25) is 5.02 Å². The van der Waals surface area contributed by atoms with Crippen LogP contribution in [0, 0.1) is 6.92 Å². The Bertz CT molecular complexity index is 515. The van der Waals surface area contributed by atoms with Gasteiger partial charge >= 0.3 is 0 Å². The average molecular weight is 270 g/mol. The fourth-order valence-corrected chi connectivity index (χ4v) is 2.67. The lowest BCUT2D eigenvalue weighted by atomic mass is 10.1. The topological polar surface area (TPSA) is 64.9 Å². The molecule has 4 nitrogen and oxygen atoms in total. The van der Waals surface area contributed by atoms with E-state index in [2.05, 4.69) is 10.2 Å². The number of aromatic nitrogens is 2. The molecular formula is C11H12ClN3OS. The number of benzene rings is 1. The highest BCUT2D eigenvalue weighted by Gasteiger charge is 2.11. The average Bonchev–Trinajstić information content (AvgIpc) is 2.69. The third kappa shape index (κ3) is 3.00. The van der Waals surface area contributed by atoms with E-state index in [1.165, 1.54) is 11.8 Å². The van der Waals surface area contributed by atoms with Crippen LogP contribution in [0.4, 0.5) is 0 Å². The molecule has 17 heavy (non-hydrogen) atoms. The number of aryl methyl sites for hydroxylation is 1. The molecular weight excluding hydrogens is 258 g/mol. The van der Waals surface area contributed by atoms with Crippen LogP contribution in [0.15, 0.2) is 32.7 Å². The first-order valence-electron chi connectivity index (χ1n) is 5.16. The first kappa shape index (κ1) is 12.4. The number of nitrogens with zero attached hydrogens (tertiary/aromatic N) is 2. The zero-order chi connectivity index (χ0) is 12.3. The molecule has 90 valence electrons. The molecule has 0 aliphatic rings. The molecule has 1 heterocycles. The van der Waals surface area contributed by atoms with Crippen molar-refractivity contribution in [1.29, 1.82) is 0 Å². The van der Waals surface area contributed by atoms with E-state index in [1.54, 1.807) is 6.92 Å². The Morgan fingerprint density at radius 2 is 2.24 bits per heavy atom. The van der Waals surface area contributed by atoms with Crippen molar-refractivity contribution in [1.82, 2.24) is 10.2 Å². The summed E-state index contributed by atoms with van der Waals surface area (Å²) in [5.74, 6) is 0.551. The second-order valence-corrected chi connectivity index (χ2v) is 4.84. The lowest BCUT2D eigenvalue weighted by Crippen LogP contribution is -2.04. The van der Waals surface area contributed by atoms with Crippen LogP contribution < -0.4 is 5.73 Å². The van der Waals surface area contributed by atoms with Crippen molar-refractivity contribution in [3.63, 3.8) is 0 Å². The van der Waals surface area contributed by atoms with Crippen molar-refractivity contribution < 1.29 is 4.42 Å². The molecule has 0 saturated carbocycles. The van der Waals surface area contributed by atoms with Gasteiger partial charge in [-0.25, -0.2) is 0 Å². The third-order valence-electron chi connectivity index (χ3n) is 2.17. The molecule has 1 aromatic carbocycles. The molecule has 2 N–H and O–H groups in total. The van der Waals surface area contributed by atoms with Crippen molar-refractivity contribution >= 4 is 23.4 Å². The molecule has 0 fully saturated rings. The zero-order valence-electron chi connectivity index (χ0n) is 9.31. The summed E-state index contributed by atoms with van der Waals surface area (Å²) in [4.78, 5) is 1.01. The first-order chi connectivity index (χ1) is 8.20. The maximum atomic E-state index is 6.14. The van der Waals surface area contributed by atoms with Gasteiger partial charge in [-0.15, -0.1) is 10.2 Å². The molecule has 0 radical (unpaired) electrons. The molecule has 0 saturated heterocycles. The molecule has 0 aliphatic carbocycles. The summed E-state index contributed by atoms with van der Waals surface area (Å²) in [6.07, 6.45) is 0.731. The van der Waals surface area contributed by atoms with Gasteiger partial charge in [-0.05, 0) is 42.4 Å². The number of halogens is 1. The predicted octanol–water partition coefficient (Wildman–Crippen LogP) is 2.68. The number of hydrogen-bond donors (Lipinski definition) is 1. The van der Waals surface area contributed by atoms with E-state index in [-0.39, 0.29) is 0 Å². The van der Waals surface area contributed by atoms with Gasteiger partial charge in [0.25, 0.3) is 5.22 Å². The summed E-state index contributed by atoms with van der Waals surface area (Å²) in [7, 11) is 0. The summed E-state index contributed by atoms with van der Waals surface area (Å²) in [6.45, 7) is 2.32. The van der Waals surface area contributed by atoms with Gasteiger partial charge < -0.3 is 10.2 Å². The molecule has 0 bridgehead atoms. The van der Waals surface area contributed by atoms with Crippen LogP contribution in [0.1, 0.15) is 11.5 Å². The fraction of sp³-hybridized carbons (Fsp3) is 0.273. The minimum Gasteiger partial charge on any atom is -0.416 e. The molecule has 0 spiro atoms. The summed E-state index contributed by atoms with van der Waals surface area (Å²) < 4.78 is 5.33. The maximum Gasteiger partial charge on any atom is 0.281 e. The van der Waals surface area contributed by atoms with E-state index in [9.17, 15) is 0 Å². The van der Waals surface area contributed by atoms with E-state index in [4.69, 9.17) is 21.8 Å². The maximum absolute atomic E-state index is 6.14. The van der Waals surface area contributed by atoms with Crippen molar-refractivity contribution in [3.8, 4) is 0 Å². The first-order valence-corrected chi connectivity index (χ1v) is 6.35. The third-order valence-corrected chi connectivity index (χ3v) is 3.47. The summed E-state index contributed by atoms with van der Waals surface area (Å²) in [6, 6.07) is 5.73. The van der Waals surface area contributed by atoms with Crippen LogP contribution in [0.5, 0.6) is 0 Å². The van der Waals surface area contributed by atoms with E-state index in [0.29, 0.717) is 17.7 Å². The Hall–Kier alpha value is -1.04. The summed E-state index contributed by atoms with van der Waals surface area (Å²) in [5.41, 5.74) is 6.60. The largest absolute Gasteiger partial charge is 0.416 e. The minimum absolute atomic E-state index is 0.517. The highest BCUT2D eigenvalue weighted by Crippen LogP contribution is 2.33. The second-order valence-electron chi connectivity index (χ2n) is 3.44. The Labute approximate surface area is 109 Å². The zero-order valence-corrected chi connectivity index (χ0v) is 10.9. The Balaban J connectivity index is 2.28. The van der Waals surface area contributed by atoms with Gasteiger partial charge in [0, 0.05) is 16.8 Å². The van der Waals surface area contributed by atoms with Crippen molar-refractivity contribution in [3.05, 3.63) is 34.7 Å². The molecule has 0 atom stereocenters. The normalized spacial score (nSPS) is 10.8. The molecule has 2 aromatic rings. The number of hydrogen-bond acceptors (Lipinski definition) is 5. The second kappa shape index (κ2) is 5.53. The lowest BCUT2D eigenvalue weighted by Gasteiger charge is -2.07. The Kier molecular flexibility index (Phi) is 4.04. The van der Waals surface area contributed by atoms with E-state index in [1.807, 2.05) is 18.2 Å². The van der Waals surface area contributed by atoms with Crippen molar-refractivity contribution in [2.75, 3.05) is 6.54 Å². The molecule has 6 heteroatoms. The molecule has 0 unspecified atom stereocenters. The Morgan fingerprint density at radius 3 is 2.88 bits per heavy atom. The van der Waals surface area contributed by atoms with Gasteiger partial charge in [-0.2, -0.15) is 0 Å². The highest BCUT2D eigenvalue weighted by molar-refractivity contribution is 7.99. The summed E-state index contributed by atoms with van der Waals surface area (Å²) >= 11 is 7.55. The molecule has 1 aromatic heterocycles. The van der Waals surface area contributed by atoms with E-state index >= 15 is 0 Å². The fourth-order valence-electron chi connectivity index (χ4n) is 1.44. The SMILES string of the molecule is Cc1nnc(Sc2cccc(Cl)c2CCN)o1. The van der Waals surface area contributed by atoms with Gasteiger partial charge in [-0.3, -0.25) is 0 Å². The van der Waals surface area contributed by atoms with Gasteiger partial charge in [0.05, 0.1) is 0 Å². The smallest absolute Gasteiger partial charge is 0.281 e. The quantitative estimate of drug-likeness (QED) is 0.924. The minimum atomic E-state index is 0.517. The van der Waals surface area contributed by atoms with Crippen LogP contribution >= 0.6 is 23.4 Å². The predicted molar refractivity (Wildman–Crippen MR) is 67.4 cm³/mol. The van der Waals surface area contributed by atoms with E-state index in [0.717, 1.165) is 21.9 Å². The molecule has 0 aliphatic heterocycles. The van der Waals surface area contributed by atoms with Crippen LogP contribution in [-0.4, -0.2) is 16.7 Å². The van der Waals surface area contributed by atoms with Crippen LogP contribution in [0.25, 0.3) is 0 Å². The monoisotopic (exact) mass is 269 g/mol. The van der Waals surface area contributed by atoms with E-state index < -0.39 is 0 Å². The standard InChI is InChI=1S/C11H12ClN3OS/c1-7-14-15-11(16-7)17-10-4-2-3-9(12)8(10)5-6-13/h2-4H,5-6,13H2,1H3. The number of rotatable bonds is 4. The van der Waals surface area contributed by atoms with Gasteiger partial charge in [0.15, 0.2) is 0 Å². The van der Waals surface area contributed by atoms with Gasteiger partial charge in [0.2, 0.25) is 5.89 Å². The summed E-state index contributed by atoms with van der Waals surface area (Å²) in [5, 5.41) is 8.97. The van der Waals surface area contributed by atoms with Crippen LogP contribution in [0.3, 0.4) is 0 Å². The van der Waals surface area contributed by atoms with Gasteiger partial charge in [-0.1, -0.05) is 17.7 Å². The van der Waals surface area contributed by atoms with Gasteiger partial charge in [0.1, 0.15) is 0 Å².